The molecule has 26 heavy (non-hydrogen) atoms. The number of nitrogens with zero attached hydrogens (tertiary/aromatic N) is 2. The molecule has 0 fully saturated rings. The van der Waals surface area contributed by atoms with Gasteiger partial charge in [0.15, 0.2) is 0 Å². The summed E-state index contributed by atoms with van der Waals surface area (Å²) in [7, 11) is 1.33. The Labute approximate surface area is 153 Å². The predicted octanol–water partition coefficient (Wildman–Crippen LogP) is 2.94. The number of hydrogen-bond donors (Lipinski definition) is 1. The molecule has 1 aromatic heterocycles. The van der Waals surface area contributed by atoms with Crippen molar-refractivity contribution in [2.24, 2.45) is 0 Å². The van der Waals surface area contributed by atoms with Gasteiger partial charge in [0.2, 0.25) is 5.91 Å². The zero-order valence-corrected chi connectivity index (χ0v) is 15.5. The molecule has 138 valence electrons. The van der Waals surface area contributed by atoms with Crippen LogP contribution in [0.5, 0.6) is 0 Å². The quantitative estimate of drug-likeness (QED) is 0.837. The van der Waals surface area contributed by atoms with E-state index >= 15 is 0 Å². The van der Waals surface area contributed by atoms with E-state index in [1.807, 2.05) is 16.9 Å². The van der Waals surface area contributed by atoms with Crippen LogP contribution in [-0.2, 0) is 20.7 Å². The van der Waals surface area contributed by atoms with Gasteiger partial charge in [0, 0.05) is 17.7 Å². The summed E-state index contributed by atoms with van der Waals surface area (Å²) >= 11 is 0. The highest BCUT2D eigenvalue weighted by atomic mass is 16.5. The van der Waals surface area contributed by atoms with Gasteiger partial charge in [-0.05, 0) is 50.3 Å². The number of hydrogen-bond acceptors (Lipinski definition) is 4. The smallest absolute Gasteiger partial charge is 0.306 e. The lowest BCUT2D eigenvalue weighted by molar-refractivity contribution is -0.142. The SMILES string of the molecule is COC(=O)CCC(=O)NC1CCCc2c1cnn2-c1cccc(C)c1C. The van der Waals surface area contributed by atoms with Gasteiger partial charge < -0.3 is 10.1 Å². The number of carbonyl (C=O) groups is 2. The summed E-state index contributed by atoms with van der Waals surface area (Å²) in [6.45, 7) is 4.20. The topological polar surface area (TPSA) is 73.2 Å². The molecule has 1 amide bonds. The first-order valence-electron chi connectivity index (χ1n) is 9.00. The van der Waals surface area contributed by atoms with Gasteiger partial charge in [-0.1, -0.05) is 12.1 Å². The molecule has 3 rings (SSSR count). The summed E-state index contributed by atoms with van der Waals surface area (Å²) in [6, 6.07) is 6.16. The third kappa shape index (κ3) is 3.64. The number of fused-ring (bicyclic) bond motifs is 1. The maximum atomic E-state index is 12.2. The Balaban J connectivity index is 1.79. The summed E-state index contributed by atoms with van der Waals surface area (Å²) < 4.78 is 6.59. The van der Waals surface area contributed by atoms with Crippen molar-refractivity contribution in [2.75, 3.05) is 7.11 Å². The normalized spacial score (nSPS) is 16.0. The molecule has 0 saturated carbocycles. The first kappa shape index (κ1) is 18.2. The van der Waals surface area contributed by atoms with Gasteiger partial charge in [-0.25, -0.2) is 4.68 Å². The third-order valence-electron chi connectivity index (χ3n) is 5.11. The highest BCUT2D eigenvalue weighted by Crippen LogP contribution is 2.32. The summed E-state index contributed by atoms with van der Waals surface area (Å²) in [6.07, 6.45) is 4.92. The second-order valence-electron chi connectivity index (χ2n) is 6.77. The van der Waals surface area contributed by atoms with Crippen molar-refractivity contribution in [1.82, 2.24) is 15.1 Å². The Hall–Kier alpha value is -2.63. The number of aryl methyl sites for hydroxylation is 1. The van der Waals surface area contributed by atoms with Crippen molar-refractivity contribution in [3.05, 3.63) is 46.8 Å². The van der Waals surface area contributed by atoms with E-state index < -0.39 is 0 Å². The van der Waals surface area contributed by atoms with Gasteiger partial charge in [-0.15, -0.1) is 0 Å². The average Bonchev–Trinajstić information content (AvgIpc) is 3.07. The Morgan fingerprint density at radius 3 is 2.88 bits per heavy atom. The van der Waals surface area contributed by atoms with Crippen LogP contribution in [0.15, 0.2) is 24.4 Å². The zero-order valence-electron chi connectivity index (χ0n) is 15.5. The monoisotopic (exact) mass is 355 g/mol. The molecule has 0 saturated heterocycles. The molecule has 6 nitrogen and oxygen atoms in total. The molecule has 1 aliphatic carbocycles. The molecule has 0 spiro atoms. The number of benzene rings is 1. The van der Waals surface area contributed by atoms with E-state index in [0.717, 1.165) is 36.2 Å². The molecule has 1 unspecified atom stereocenters. The summed E-state index contributed by atoms with van der Waals surface area (Å²) in [5, 5.41) is 7.65. The van der Waals surface area contributed by atoms with Gasteiger partial charge in [0.1, 0.15) is 0 Å². The van der Waals surface area contributed by atoms with E-state index in [-0.39, 0.29) is 30.8 Å². The van der Waals surface area contributed by atoms with Crippen molar-refractivity contribution in [2.45, 2.75) is 52.0 Å². The number of rotatable bonds is 5. The van der Waals surface area contributed by atoms with Crippen molar-refractivity contribution in [3.8, 4) is 5.69 Å². The molecule has 1 aromatic carbocycles. The van der Waals surface area contributed by atoms with Crippen LogP contribution in [0.3, 0.4) is 0 Å². The molecule has 0 bridgehead atoms. The number of methoxy groups -OCH3 is 1. The Bertz CT molecular complexity index is 826. The summed E-state index contributed by atoms with van der Waals surface area (Å²) in [4.78, 5) is 23.4. The first-order chi connectivity index (χ1) is 12.5. The standard InChI is InChI=1S/C20H25N3O3/c1-13-6-4-8-17(14(13)2)23-18-9-5-7-16(15(18)12-21-23)22-19(24)10-11-20(25)26-3/h4,6,8,12,16H,5,7,9-11H2,1-3H3,(H,22,24). The number of nitrogens with one attached hydrogen (secondary N) is 1. The molecule has 1 atom stereocenters. The highest BCUT2D eigenvalue weighted by molar-refractivity contribution is 5.81. The minimum absolute atomic E-state index is 0.0530. The zero-order chi connectivity index (χ0) is 18.7. The van der Waals surface area contributed by atoms with Crippen molar-refractivity contribution in [3.63, 3.8) is 0 Å². The Morgan fingerprint density at radius 1 is 1.31 bits per heavy atom. The number of aromatic nitrogens is 2. The molecule has 1 aliphatic rings. The fourth-order valence-corrected chi connectivity index (χ4v) is 3.46. The van der Waals surface area contributed by atoms with E-state index in [9.17, 15) is 9.59 Å². The number of ether oxygens (including phenoxy) is 1. The lowest BCUT2D eigenvalue weighted by Crippen LogP contribution is -2.31. The second-order valence-corrected chi connectivity index (χ2v) is 6.77. The number of amides is 1. The van der Waals surface area contributed by atoms with Crippen molar-refractivity contribution >= 4 is 11.9 Å². The Morgan fingerprint density at radius 2 is 2.12 bits per heavy atom. The van der Waals surface area contributed by atoms with Crippen LogP contribution in [0, 0.1) is 13.8 Å². The molecule has 1 heterocycles. The number of esters is 1. The maximum Gasteiger partial charge on any atom is 0.306 e. The average molecular weight is 355 g/mol. The van der Waals surface area contributed by atoms with Crippen LogP contribution in [-0.4, -0.2) is 28.8 Å². The summed E-state index contributed by atoms with van der Waals surface area (Å²) in [5.74, 6) is -0.500. The van der Waals surface area contributed by atoms with Crippen LogP contribution in [0.2, 0.25) is 0 Å². The highest BCUT2D eigenvalue weighted by Gasteiger charge is 2.26. The van der Waals surface area contributed by atoms with Crippen LogP contribution in [0.1, 0.15) is 54.1 Å². The van der Waals surface area contributed by atoms with Gasteiger partial charge in [-0.2, -0.15) is 5.10 Å². The molecule has 6 heteroatoms. The van der Waals surface area contributed by atoms with Gasteiger partial charge >= 0.3 is 5.97 Å². The van der Waals surface area contributed by atoms with Crippen molar-refractivity contribution in [1.29, 1.82) is 0 Å². The van der Waals surface area contributed by atoms with Crippen molar-refractivity contribution < 1.29 is 14.3 Å². The van der Waals surface area contributed by atoms with E-state index in [4.69, 9.17) is 0 Å². The van der Waals surface area contributed by atoms with Crippen LogP contribution in [0.25, 0.3) is 5.69 Å². The lowest BCUT2D eigenvalue weighted by Gasteiger charge is -2.24. The largest absolute Gasteiger partial charge is 0.469 e. The lowest BCUT2D eigenvalue weighted by atomic mass is 9.92. The Kier molecular flexibility index (Phi) is 5.40. The van der Waals surface area contributed by atoms with Crippen LogP contribution < -0.4 is 5.32 Å². The fourth-order valence-electron chi connectivity index (χ4n) is 3.46. The first-order valence-corrected chi connectivity index (χ1v) is 9.00. The van der Waals surface area contributed by atoms with Gasteiger partial charge in [0.25, 0.3) is 0 Å². The fraction of sp³-hybridized carbons (Fsp3) is 0.450. The molecule has 0 radical (unpaired) electrons. The minimum atomic E-state index is -0.368. The van der Waals surface area contributed by atoms with Crippen LogP contribution in [0.4, 0.5) is 0 Å². The molecular formula is C20H25N3O3. The van der Waals surface area contributed by atoms with E-state index in [1.54, 1.807) is 0 Å². The van der Waals surface area contributed by atoms with E-state index in [1.165, 1.54) is 18.2 Å². The van der Waals surface area contributed by atoms with E-state index in [2.05, 4.69) is 41.1 Å². The van der Waals surface area contributed by atoms with Gasteiger partial charge in [-0.3, -0.25) is 9.59 Å². The summed E-state index contributed by atoms with van der Waals surface area (Å²) in [5.41, 5.74) is 5.76. The molecular weight excluding hydrogens is 330 g/mol. The molecule has 2 aromatic rings. The van der Waals surface area contributed by atoms with Crippen LogP contribution >= 0.6 is 0 Å². The minimum Gasteiger partial charge on any atom is -0.469 e. The maximum absolute atomic E-state index is 12.2. The third-order valence-corrected chi connectivity index (χ3v) is 5.11. The predicted molar refractivity (Wildman–Crippen MR) is 98.1 cm³/mol. The second kappa shape index (κ2) is 7.72. The molecule has 0 aliphatic heterocycles. The van der Waals surface area contributed by atoms with E-state index in [0.29, 0.717) is 0 Å². The molecule has 1 N–H and O–H groups in total. The van der Waals surface area contributed by atoms with Gasteiger partial charge in [0.05, 0.1) is 31.5 Å². The number of carbonyl (C=O) groups excluding carboxylic acids is 2.